The van der Waals surface area contributed by atoms with Crippen molar-refractivity contribution in [3.8, 4) is 0 Å². The van der Waals surface area contributed by atoms with Crippen molar-refractivity contribution in [1.29, 1.82) is 0 Å². The second kappa shape index (κ2) is 8.08. The molecule has 0 saturated carbocycles. The lowest BCUT2D eigenvalue weighted by atomic mass is 10.1. The fourth-order valence-electron chi connectivity index (χ4n) is 1.44. The van der Waals surface area contributed by atoms with E-state index in [0.717, 1.165) is 30.1 Å². The average Bonchev–Trinajstić information content (AvgIpc) is 2.56. The number of carbonyl (C=O) groups is 1. The van der Waals surface area contributed by atoms with E-state index in [0.29, 0.717) is 13.0 Å². The van der Waals surface area contributed by atoms with Gasteiger partial charge in [-0.1, -0.05) is 12.1 Å². The largest absolute Gasteiger partial charge is 0.361 e. The first-order valence-electron chi connectivity index (χ1n) is 5.54. The number of likely N-dealkylation sites (N-methyl/N-ethyl adjacent to an activating group) is 1. The highest BCUT2D eigenvalue weighted by Crippen LogP contribution is 2.12. The molecule has 0 aliphatic rings. The Hall–Kier alpha value is -1.07. The summed E-state index contributed by atoms with van der Waals surface area (Å²) in [6.45, 7) is 8.06. The Kier molecular flexibility index (Phi) is 7.58. The maximum absolute atomic E-state index is 11.6. The number of hydrogen-bond donors (Lipinski definition) is 2. The van der Waals surface area contributed by atoms with Gasteiger partial charge >= 0.3 is 0 Å². The number of aromatic nitrogens is 1. The van der Waals surface area contributed by atoms with E-state index >= 15 is 0 Å². The molecule has 0 aliphatic carbocycles. The van der Waals surface area contributed by atoms with Gasteiger partial charge in [0.2, 0.25) is 5.91 Å². The molecule has 0 fully saturated rings. The van der Waals surface area contributed by atoms with E-state index in [1.54, 1.807) is 0 Å². The van der Waals surface area contributed by atoms with Crippen LogP contribution in [0.3, 0.4) is 0 Å². The zero-order valence-corrected chi connectivity index (χ0v) is 11.3. The lowest BCUT2D eigenvalue weighted by molar-refractivity contribution is -0.120. The minimum atomic E-state index is 0. The lowest BCUT2D eigenvalue weighted by Gasteiger charge is -2.05. The van der Waals surface area contributed by atoms with Gasteiger partial charge in [-0.05, 0) is 20.4 Å². The molecule has 17 heavy (non-hydrogen) atoms. The molecule has 6 heteroatoms. The molecule has 1 rings (SSSR count). The van der Waals surface area contributed by atoms with Crippen molar-refractivity contribution in [2.45, 2.75) is 27.2 Å². The fraction of sp³-hybridized carbons (Fsp3) is 0.636. The summed E-state index contributed by atoms with van der Waals surface area (Å²) in [7, 11) is 0. The number of hydrogen-bond acceptors (Lipinski definition) is 4. The van der Waals surface area contributed by atoms with E-state index in [-0.39, 0.29) is 18.3 Å². The van der Waals surface area contributed by atoms with E-state index in [4.69, 9.17) is 4.52 Å². The standard InChI is InChI=1S/C11H19N3O2.ClH/c1-4-12-5-6-13-11(15)7-10-8(2)14-16-9(10)3;/h12H,4-7H2,1-3H3,(H,13,15);1H. The summed E-state index contributed by atoms with van der Waals surface area (Å²) in [4.78, 5) is 11.6. The van der Waals surface area contributed by atoms with Crippen LogP contribution in [0.5, 0.6) is 0 Å². The van der Waals surface area contributed by atoms with Gasteiger partial charge in [-0.15, -0.1) is 12.4 Å². The summed E-state index contributed by atoms with van der Waals surface area (Å²) in [5, 5.41) is 9.79. The Morgan fingerprint density at radius 2 is 2.06 bits per heavy atom. The van der Waals surface area contributed by atoms with E-state index in [1.165, 1.54) is 0 Å². The number of nitrogens with zero attached hydrogens (tertiary/aromatic N) is 1. The number of rotatable bonds is 6. The average molecular weight is 262 g/mol. The minimum Gasteiger partial charge on any atom is -0.361 e. The van der Waals surface area contributed by atoms with Gasteiger partial charge in [-0.25, -0.2) is 0 Å². The molecule has 5 nitrogen and oxygen atoms in total. The number of carbonyl (C=O) groups excluding carboxylic acids is 1. The zero-order valence-electron chi connectivity index (χ0n) is 10.5. The summed E-state index contributed by atoms with van der Waals surface area (Å²) in [6, 6.07) is 0. The number of nitrogens with one attached hydrogen (secondary N) is 2. The topological polar surface area (TPSA) is 67.2 Å². The van der Waals surface area contributed by atoms with Gasteiger partial charge in [0, 0.05) is 18.7 Å². The predicted octanol–water partition coefficient (Wildman–Crippen LogP) is 0.981. The van der Waals surface area contributed by atoms with Crippen LogP contribution in [0, 0.1) is 13.8 Å². The van der Waals surface area contributed by atoms with Gasteiger partial charge < -0.3 is 15.2 Å². The van der Waals surface area contributed by atoms with Crippen molar-refractivity contribution in [2.24, 2.45) is 0 Å². The van der Waals surface area contributed by atoms with E-state index in [2.05, 4.69) is 15.8 Å². The summed E-state index contributed by atoms with van der Waals surface area (Å²) >= 11 is 0. The van der Waals surface area contributed by atoms with Crippen molar-refractivity contribution in [2.75, 3.05) is 19.6 Å². The van der Waals surface area contributed by atoms with E-state index in [9.17, 15) is 4.79 Å². The third-order valence-corrected chi connectivity index (χ3v) is 2.39. The molecule has 1 amide bonds. The molecule has 0 aliphatic heterocycles. The Labute approximate surface area is 108 Å². The van der Waals surface area contributed by atoms with Crippen molar-refractivity contribution < 1.29 is 9.32 Å². The van der Waals surface area contributed by atoms with E-state index < -0.39 is 0 Å². The van der Waals surface area contributed by atoms with Gasteiger partial charge in [0.25, 0.3) is 0 Å². The van der Waals surface area contributed by atoms with Crippen LogP contribution in [0.15, 0.2) is 4.52 Å². The number of amides is 1. The van der Waals surface area contributed by atoms with Gasteiger partial charge in [-0.2, -0.15) is 0 Å². The van der Waals surface area contributed by atoms with Crippen LogP contribution < -0.4 is 10.6 Å². The van der Waals surface area contributed by atoms with E-state index in [1.807, 2.05) is 20.8 Å². The quantitative estimate of drug-likeness (QED) is 0.750. The van der Waals surface area contributed by atoms with Gasteiger partial charge in [0.05, 0.1) is 12.1 Å². The summed E-state index contributed by atoms with van der Waals surface area (Å²) in [6.07, 6.45) is 0.341. The zero-order chi connectivity index (χ0) is 12.0. The van der Waals surface area contributed by atoms with Gasteiger partial charge in [0.15, 0.2) is 0 Å². The fourth-order valence-corrected chi connectivity index (χ4v) is 1.44. The highest BCUT2D eigenvalue weighted by Gasteiger charge is 2.12. The molecular weight excluding hydrogens is 242 g/mol. The lowest BCUT2D eigenvalue weighted by Crippen LogP contribution is -2.32. The summed E-state index contributed by atoms with van der Waals surface area (Å²) in [5.74, 6) is 0.728. The smallest absolute Gasteiger partial charge is 0.224 e. The SMILES string of the molecule is CCNCCNC(=O)Cc1c(C)noc1C.Cl. The third-order valence-electron chi connectivity index (χ3n) is 2.39. The van der Waals surface area contributed by atoms with Gasteiger partial charge in [0.1, 0.15) is 5.76 Å². The summed E-state index contributed by atoms with van der Waals surface area (Å²) in [5.41, 5.74) is 1.68. The molecule has 0 aromatic carbocycles. The second-order valence-corrected chi connectivity index (χ2v) is 3.68. The van der Waals surface area contributed by atoms with Crippen LogP contribution in [0.2, 0.25) is 0 Å². The van der Waals surface area contributed by atoms with Crippen molar-refractivity contribution in [3.05, 3.63) is 17.0 Å². The number of aryl methyl sites for hydroxylation is 2. The second-order valence-electron chi connectivity index (χ2n) is 3.68. The highest BCUT2D eigenvalue weighted by molar-refractivity contribution is 5.85. The first-order chi connectivity index (χ1) is 7.65. The van der Waals surface area contributed by atoms with Crippen molar-refractivity contribution in [3.63, 3.8) is 0 Å². The monoisotopic (exact) mass is 261 g/mol. The molecule has 0 bridgehead atoms. The molecule has 0 radical (unpaired) electrons. The number of halogens is 1. The van der Waals surface area contributed by atoms with Gasteiger partial charge in [-0.3, -0.25) is 4.79 Å². The predicted molar refractivity (Wildman–Crippen MR) is 68.5 cm³/mol. The molecule has 1 heterocycles. The molecule has 0 unspecified atom stereocenters. The first kappa shape index (κ1) is 15.9. The third kappa shape index (κ3) is 5.19. The van der Waals surface area contributed by atoms with Crippen LogP contribution in [-0.2, 0) is 11.2 Å². The summed E-state index contributed by atoms with van der Waals surface area (Å²) < 4.78 is 5.00. The molecule has 2 N–H and O–H groups in total. The molecule has 98 valence electrons. The van der Waals surface area contributed by atoms with Crippen LogP contribution in [0.25, 0.3) is 0 Å². The maximum atomic E-state index is 11.6. The minimum absolute atomic E-state index is 0. The maximum Gasteiger partial charge on any atom is 0.224 e. The first-order valence-corrected chi connectivity index (χ1v) is 5.54. The Bertz CT molecular complexity index is 333. The normalized spacial score (nSPS) is 9.82. The van der Waals surface area contributed by atoms with Crippen molar-refractivity contribution >= 4 is 18.3 Å². The van der Waals surface area contributed by atoms with Crippen LogP contribution in [0.1, 0.15) is 23.9 Å². The molecule has 0 atom stereocenters. The van der Waals surface area contributed by atoms with Crippen LogP contribution >= 0.6 is 12.4 Å². The Morgan fingerprint density at radius 3 is 2.59 bits per heavy atom. The molecule has 1 aromatic heterocycles. The Balaban J connectivity index is 0.00000256. The molecule has 0 spiro atoms. The molecule has 0 saturated heterocycles. The molecule has 1 aromatic rings. The van der Waals surface area contributed by atoms with Crippen molar-refractivity contribution in [1.82, 2.24) is 15.8 Å². The Morgan fingerprint density at radius 1 is 1.35 bits per heavy atom. The van der Waals surface area contributed by atoms with Crippen LogP contribution in [0.4, 0.5) is 0 Å². The van der Waals surface area contributed by atoms with Crippen LogP contribution in [-0.4, -0.2) is 30.7 Å². The molecular formula is C11H20ClN3O2. The highest BCUT2D eigenvalue weighted by atomic mass is 35.5.